The van der Waals surface area contributed by atoms with Gasteiger partial charge < -0.3 is 0 Å². The molecular weight excluding hydrogens is 268 g/mol. The Bertz CT molecular complexity index is 736. The lowest BCUT2D eigenvalue weighted by atomic mass is 10.0. The van der Waals surface area contributed by atoms with Gasteiger partial charge in [-0.1, -0.05) is 73.5 Å². The standard InChI is InChI=1S/C17H15ClN2/c1-2-5-12-8-10-13(11-9-12)16-14-6-3-4-7-15(14)17(18)20-19-16/h3-4,6-11H,2,5H2,1H3. The molecule has 0 atom stereocenters. The quantitative estimate of drug-likeness (QED) is 0.682. The Hall–Kier alpha value is -1.93. The lowest BCUT2D eigenvalue weighted by Crippen LogP contribution is -1.92. The van der Waals surface area contributed by atoms with Gasteiger partial charge in [-0.25, -0.2) is 0 Å². The van der Waals surface area contributed by atoms with E-state index in [1.54, 1.807) is 0 Å². The summed E-state index contributed by atoms with van der Waals surface area (Å²) in [7, 11) is 0. The van der Waals surface area contributed by atoms with Gasteiger partial charge in [-0.3, -0.25) is 0 Å². The van der Waals surface area contributed by atoms with Crippen LogP contribution in [0.15, 0.2) is 48.5 Å². The monoisotopic (exact) mass is 282 g/mol. The summed E-state index contributed by atoms with van der Waals surface area (Å²) < 4.78 is 0. The van der Waals surface area contributed by atoms with Gasteiger partial charge in [-0.15, -0.1) is 10.2 Å². The first-order valence-corrected chi connectivity index (χ1v) is 7.17. The molecule has 3 aromatic rings. The van der Waals surface area contributed by atoms with Gasteiger partial charge in [-0.05, 0) is 12.0 Å². The zero-order valence-corrected chi connectivity index (χ0v) is 12.1. The second-order valence-electron chi connectivity index (χ2n) is 4.83. The van der Waals surface area contributed by atoms with Crippen molar-refractivity contribution in [3.63, 3.8) is 0 Å². The molecule has 1 aromatic heterocycles. The second-order valence-corrected chi connectivity index (χ2v) is 5.19. The molecule has 0 unspecified atom stereocenters. The smallest absolute Gasteiger partial charge is 0.148 e. The minimum Gasteiger partial charge on any atom is -0.148 e. The van der Waals surface area contributed by atoms with E-state index in [1.807, 2.05) is 24.3 Å². The molecule has 0 saturated heterocycles. The Kier molecular flexibility index (Phi) is 3.66. The van der Waals surface area contributed by atoms with Crippen molar-refractivity contribution in [1.29, 1.82) is 0 Å². The molecule has 0 aliphatic rings. The van der Waals surface area contributed by atoms with Crippen LogP contribution in [0.5, 0.6) is 0 Å². The number of hydrogen-bond donors (Lipinski definition) is 0. The van der Waals surface area contributed by atoms with E-state index in [2.05, 4.69) is 41.4 Å². The van der Waals surface area contributed by atoms with Crippen LogP contribution in [0.2, 0.25) is 5.15 Å². The number of benzene rings is 2. The van der Waals surface area contributed by atoms with E-state index >= 15 is 0 Å². The zero-order chi connectivity index (χ0) is 13.9. The van der Waals surface area contributed by atoms with Crippen LogP contribution in [0, 0.1) is 0 Å². The largest absolute Gasteiger partial charge is 0.159 e. The Morgan fingerprint density at radius 2 is 1.60 bits per heavy atom. The molecule has 0 aliphatic carbocycles. The van der Waals surface area contributed by atoms with E-state index in [-0.39, 0.29) is 0 Å². The van der Waals surface area contributed by atoms with Gasteiger partial charge >= 0.3 is 0 Å². The molecule has 1 heterocycles. The SMILES string of the molecule is CCCc1ccc(-c2nnc(Cl)c3ccccc23)cc1. The minimum atomic E-state index is 0.451. The van der Waals surface area contributed by atoms with Crippen molar-refractivity contribution < 1.29 is 0 Å². The van der Waals surface area contributed by atoms with Crippen molar-refractivity contribution in [1.82, 2.24) is 10.2 Å². The fraction of sp³-hybridized carbons (Fsp3) is 0.176. The number of aromatic nitrogens is 2. The van der Waals surface area contributed by atoms with Crippen molar-refractivity contribution in [3.8, 4) is 11.3 Å². The van der Waals surface area contributed by atoms with E-state index in [1.165, 1.54) is 5.56 Å². The maximum Gasteiger partial charge on any atom is 0.159 e. The Labute approximate surface area is 123 Å². The molecule has 0 bridgehead atoms. The molecule has 100 valence electrons. The van der Waals surface area contributed by atoms with Crippen LogP contribution in [-0.2, 0) is 6.42 Å². The number of hydrogen-bond acceptors (Lipinski definition) is 2. The first-order valence-electron chi connectivity index (χ1n) is 6.80. The third-order valence-electron chi connectivity index (χ3n) is 3.41. The van der Waals surface area contributed by atoms with Crippen LogP contribution in [-0.4, -0.2) is 10.2 Å². The van der Waals surface area contributed by atoms with Crippen LogP contribution < -0.4 is 0 Å². The van der Waals surface area contributed by atoms with E-state index < -0.39 is 0 Å². The van der Waals surface area contributed by atoms with Gasteiger partial charge in [-0.2, -0.15) is 0 Å². The molecule has 2 aromatic carbocycles. The molecule has 3 heteroatoms. The Balaban J connectivity index is 2.12. The van der Waals surface area contributed by atoms with Crippen molar-refractivity contribution >= 4 is 22.4 Å². The van der Waals surface area contributed by atoms with E-state index in [0.29, 0.717) is 5.15 Å². The molecule has 0 saturated carbocycles. The van der Waals surface area contributed by atoms with Crippen molar-refractivity contribution in [3.05, 3.63) is 59.2 Å². The Morgan fingerprint density at radius 1 is 0.900 bits per heavy atom. The summed E-state index contributed by atoms with van der Waals surface area (Å²) in [6.07, 6.45) is 2.26. The van der Waals surface area contributed by atoms with Crippen molar-refractivity contribution in [2.75, 3.05) is 0 Å². The van der Waals surface area contributed by atoms with Crippen LogP contribution in [0.25, 0.3) is 22.0 Å². The van der Waals surface area contributed by atoms with Crippen LogP contribution >= 0.6 is 11.6 Å². The minimum absolute atomic E-state index is 0.451. The maximum atomic E-state index is 6.11. The number of aryl methyl sites for hydroxylation is 1. The van der Waals surface area contributed by atoms with Crippen molar-refractivity contribution in [2.24, 2.45) is 0 Å². The summed E-state index contributed by atoms with van der Waals surface area (Å²) in [5, 5.41) is 10.8. The molecular formula is C17H15ClN2. The molecule has 0 aliphatic heterocycles. The van der Waals surface area contributed by atoms with Gasteiger partial charge in [0.15, 0.2) is 5.15 Å². The molecule has 2 nitrogen and oxygen atoms in total. The fourth-order valence-corrected chi connectivity index (χ4v) is 2.60. The van der Waals surface area contributed by atoms with E-state index in [0.717, 1.165) is 34.9 Å². The van der Waals surface area contributed by atoms with Crippen LogP contribution in [0.3, 0.4) is 0 Å². The van der Waals surface area contributed by atoms with Gasteiger partial charge in [0, 0.05) is 16.3 Å². The third-order valence-corrected chi connectivity index (χ3v) is 3.69. The summed E-state index contributed by atoms with van der Waals surface area (Å²) >= 11 is 6.11. The number of nitrogens with zero attached hydrogens (tertiary/aromatic N) is 2. The molecule has 0 amide bonds. The zero-order valence-electron chi connectivity index (χ0n) is 11.3. The van der Waals surface area contributed by atoms with Gasteiger partial charge in [0.05, 0.1) is 0 Å². The molecule has 0 fully saturated rings. The highest BCUT2D eigenvalue weighted by molar-refractivity contribution is 6.34. The fourth-order valence-electron chi connectivity index (χ4n) is 2.40. The lowest BCUT2D eigenvalue weighted by molar-refractivity contribution is 0.922. The predicted molar refractivity (Wildman–Crippen MR) is 84.0 cm³/mol. The summed E-state index contributed by atoms with van der Waals surface area (Å²) in [6, 6.07) is 16.5. The molecule has 3 rings (SSSR count). The summed E-state index contributed by atoms with van der Waals surface area (Å²) in [5.74, 6) is 0. The van der Waals surface area contributed by atoms with Crippen LogP contribution in [0.1, 0.15) is 18.9 Å². The molecule has 20 heavy (non-hydrogen) atoms. The highest BCUT2D eigenvalue weighted by atomic mass is 35.5. The normalized spacial score (nSPS) is 10.9. The summed E-state index contributed by atoms with van der Waals surface area (Å²) in [6.45, 7) is 2.19. The maximum absolute atomic E-state index is 6.11. The first-order chi connectivity index (χ1) is 9.79. The number of fused-ring (bicyclic) bond motifs is 1. The van der Waals surface area contributed by atoms with Crippen LogP contribution in [0.4, 0.5) is 0 Å². The van der Waals surface area contributed by atoms with E-state index in [9.17, 15) is 0 Å². The average Bonchev–Trinajstić information content (AvgIpc) is 2.49. The molecule has 0 radical (unpaired) electrons. The highest BCUT2D eigenvalue weighted by Crippen LogP contribution is 2.29. The third kappa shape index (κ3) is 2.39. The highest BCUT2D eigenvalue weighted by Gasteiger charge is 2.09. The molecule has 0 N–H and O–H groups in total. The second kappa shape index (κ2) is 5.59. The topological polar surface area (TPSA) is 25.8 Å². The first kappa shape index (κ1) is 13.1. The van der Waals surface area contributed by atoms with Gasteiger partial charge in [0.1, 0.15) is 5.69 Å². The predicted octanol–water partition coefficient (Wildman–Crippen LogP) is 4.90. The molecule has 0 spiro atoms. The lowest BCUT2D eigenvalue weighted by Gasteiger charge is -2.07. The number of rotatable bonds is 3. The summed E-state index contributed by atoms with van der Waals surface area (Å²) in [4.78, 5) is 0. The van der Waals surface area contributed by atoms with Crippen molar-refractivity contribution in [2.45, 2.75) is 19.8 Å². The van der Waals surface area contributed by atoms with Gasteiger partial charge in [0.2, 0.25) is 0 Å². The van der Waals surface area contributed by atoms with Gasteiger partial charge in [0.25, 0.3) is 0 Å². The Morgan fingerprint density at radius 3 is 2.30 bits per heavy atom. The number of halogens is 1. The summed E-state index contributed by atoms with van der Waals surface area (Å²) in [5.41, 5.74) is 3.31. The van der Waals surface area contributed by atoms with E-state index in [4.69, 9.17) is 11.6 Å². The average molecular weight is 283 g/mol.